The average Bonchev–Trinajstić information content (AvgIpc) is 3.91. The van der Waals surface area contributed by atoms with Crippen molar-refractivity contribution in [2.75, 3.05) is 19.6 Å². The molecule has 14 heteroatoms. The van der Waals surface area contributed by atoms with Crippen LogP contribution in [0, 0.1) is 5.92 Å². The van der Waals surface area contributed by atoms with Gasteiger partial charge in [0.25, 0.3) is 18.2 Å². The molecule has 0 bridgehead atoms. The Labute approximate surface area is 346 Å². The fourth-order valence-corrected chi connectivity index (χ4v) is 10.7. The minimum atomic E-state index is -2.46. The number of hydrogen-bond donors (Lipinski definition) is 2. The van der Waals surface area contributed by atoms with Gasteiger partial charge in [-0.2, -0.15) is 0 Å². The van der Waals surface area contributed by atoms with Crippen molar-refractivity contribution in [3.63, 3.8) is 0 Å². The van der Waals surface area contributed by atoms with Gasteiger partial charge in [-0.25, -0.2) is 8.78 Å². The molecule has 6 aliphatic rings. The van der Waals surface area contributed by atoms with Gasteiger partial charge in [0, 0.05) is 73.4 Å². The van der Waals surface area contributed by atoms with Gasteiger partial charge in [-0.15, -0.1) is 0 Å². The topological polar surface area (TPSA) is 139 Å². The van der Waals surface area contributed by atoms with Crippen LogP contribution in [0.5, 0.6) is 0 Å². The Kier molecular flexibility index (Phi) is 9.74. The predicted octanol–water partition coefficient (Wildman–Crippen LogP) is 5.76. The van der Waals surface area contributed by atoms with Crippen LogP contribution in [0.4, 0.5) is 8.78 Å². The largest absolute Gasteiger partial charge is 0.357 e. The van der Waals surface area contributed by atoms with Gasteiger partial charge in [0.2, 0.25) is 17.7 Å². The maximum absolute atomic E-state index is 13.9. The number of benzene rings is 2. The van der Waals surface area contributed by atoms with Gasteiger partial charge in [0.05, 0.1) is 29.4 Å². The van der Waals surface area contributed by atoms with Gasteiger partial charge in [0.1, 0.15) is 6.04 Å². The lowest BCUT2D eigenvalue weighted by molar-refractivity contribution is -0.138. The van der Waals surface area contributed by atoms with Crippen LogP contribution in [0.2, 0.25) is 0 Å². The quantitative estimate of drug-likeness (QED) is 0.225. The number of alkyl halides is 2. The number of aromatic nitrogens is 2. The number of halogens is 2. The summed E-state index contributed by atoms with van der Waals surface area (Å²) in [4.78, 5) is 80.3. The minimum Gasteiger partial charge on any atom is -0.357 e. The summed E-state index contributed by atoms with van der Waals surface area (Å²) >= 11 is 0. The number of allylic oxidation sites excluding steroid dienone is 2. The molecule has 2 saturated heterocycles. The summed E-state index contributed by atoms with van der Waals surface area (Å²) in [5.74, 6) is -1.91. The lowest BCUT2D eigenvalue weighted by Crippen LogP contribution is -2.54. The van der Waals surface area contributed by atoms with Crippen molar-refractivity contribution in [3.8, 4) is 0 Å². The van der Waals surface area contributed by atoms with Gasteiger partial charge >= 0.3 is 0 Å². The molecule has 2 fully saturated rings. The second kappa shape index (κ2) is 15.1. The number of amides is 5. The Morgan fingerprint density at radius 2 is 1.65 bits per heavy atom. The Morgan fingerprint density at radius 3 is 2.30 bits per heavy atom. The van der Waals surface area contributed by atoms with Gasteiger partial charge in [-0.1, -0.05) is 30.3 Å². The van der Waals surface area contributed by atoms with Crippen molar-refractivity contribution in [2.45, 2.75) is 102 Å². The number of carbonyl (C=O) groups excluding carboxylic acids is 5. The summed E-state index contributed by atoms with van der Waals surface area (Å²) in [5.41, 5.74) is 8.56. The second-order valence-electron chi connectivity index (χ2n) is 17.4. The molecule has 4 aromatic rings. The molecule has 310 valence electrons. The summed E-state index contributed by atoms with van der Waals surface area (Å²) in [6.07, 6.45) is 6.18. The normalized spacial score (nSPS) is 25.2. The van der Waals surface area contributed by atoms with Crippen molar-refractivity contribution < 1.29 is 32.8 Å². The van der Waals surface area contributed by atoms with Crippen LogP contribution in [-0.4, -0.2) is 103 Å². The number of H-pyrrole nitrogens is 1. The summed E-state index contributed by atoms with van der Waals surface area (Å²) in [5, 5.41) is 3.38. The number of piperidine rings is 2. The lowest BCUT2D eigenvalue weighted by atomic mass is 9.86. The zero-order valence-corrected chi connectivity index (χ0v) is 33.5. The third-order valence-corrected chi connectivity index (χ3v) is 13.9. The number of imide groups is 2. The third kappa shape index (κ3) is 6.64. The molecule has 1 aliphatic carbocycles. The maximum atomic E-state index is 13.9. The molecule has 5 amide bonds. The van der Waals surface area contributed by atoms with Crippen LogP contribution in [0.25, 0.3) is 16.5 Å². The van der Waals surface area contributed by atoms with Crippen LogP contribution in [-0.2, 0) is 33.9 Å². The van der Waals surface area contributed by atoms with E-state index in [-0.39, 0.29) is 49.3 Å². The summed E-state index contributed by atoms with van der Waals surface area (Å²) in [7, 11) is 0. The highest BCUT2D eigenvalue weighted by Gasteiger charge is 2.46. The SMILES string of the molecule is C[C@@H]1Cc2c([nH]c3ccccc23)[C@@H](c2ccc(C3=CCC(C(=O)N4CCC(N5Cc6cc7c(cc6C5)C(=O)N(C5CCC(=O)NC5=O)C7=O)CC4)CC3)nc2)N1CC(F)F. The third-order valence-electron chi connectivity index (χ3n) is 13.9. The van der Waals surface area contributed by atoms with Gasteiger partial charge in [-0.3, -0.25) is 49.0 Å². The minimum absolute atomic E-state index is 0.0700. The number of rotatable bonds is 7. The van der Waals surface area contributed by atoms with E-state index in [4.69, 9.17) is 4.98 Å². The number of nitrogens with zero attached hydrogens (tertiary/aromatic N) is 5. The van der Waals surface area contributed by atoms with E-state index in [2.05, 4.69) is 27.3 Å². The molecule has 0 radical (unpaired) electrons. The number of hydrogen-bond acceptors (Lipinski definition) is 8. The highest BCUT2D eigenvalue weighted by molar-refractivity contribution is 6.23. The van der Waals surface area contributed by atoms with Gasteiger partial charge < -0.3 is 9.88 Å². The predicted molar refractivity (Wildman–Crippen MR) is 218 cm³/mol. The van der Waals surface area contributed by atoms with E-state index in [0.29, 0.717) is 50.1 Å². The molecule has 2 N–H and O–H groups in total. The molecule has 60 heavy (non-hydrogen) atoms. The van der Waals surface area contributed by atoms with E-state index < -0.39 is 36.1 Å². The molecular weight excluding hydrogens is 769 g/mol. The number of nitrogens with one attached hydrogen (secondary N) is 2. The number of para-hydroxylation sites is 1. The molecular formula is C46H47F2N7O5. The van der Waals surface area contributed by atoms with E-state index in [1.54, 1.807) is 12.1 Å². The molecule has 10 rings (SSSR count). The van der Waals surface area contributed by atoms with Crippen LogP contribution in [0.15, 0.2) is 60.8 Å². The Hall–Kier alpha value is -5.60. The second-order valence-corrected chi connectivity index (χ2v) is 17.4. The number of pyridine rings is 1. The molecule has 2 aromatic carbocycles. The monoisotopic (exact) mass is 815 g/mol. The van der Waals surface area contributed by atoms with Crippen molar-refractivity contribution in [2.24, 2.45) is 5.92 Å². The van der Waals surface area contributed by atoms with Gasteiger partial charge in [-0.05, 0) is 104 Å². The number of carbonyl (C=O) groups is 5. The Balaban J connectivity index is 0.752. The summed E-state index contributed by atoms with van der Waals surface area (Å²) < 4.78 is 27.8. The Morgan fingerprint density at radius 1 is 0.917 bits per heavy atom. The smallest absolute Gasteiger partial charge is 0.262 e. The van der Waals surface area contributed by atoms with Crippen LogP contribution in [0.3, 0.4) is 0 Å². The lowest BCUT2D eigenvalue weighted by Gasteiger charge is -2.40. The van der Waals surface area contributed by atoms with E-state index in [1.165, 1.54) is 5.56 Å². The zero-order chi connectivity index (χ0) is 41.4. The van der Waals surface area contributed by atoms with E-state index in [1.807, 2.05) is 53.3 Å². The molecule has 12 nitrogen and oxygen atoms in total. The first-order valence-electron chi connectivity index (χ1n) is 21.2. The molecule has 2 unspecified atom stereocenters. The first-order valence-corrected chi connectivity index (χ1v) is 21.2. The van der Waals surface area contributed by atoms with E-state index >= 15 is 0 Å². The van der Waals surface area contributed by atoms with E-state index in [9.17, 15) is 32.8 Å². The number of fused-ring (bicyclic) bond motifs is 5. The molecule has 4 atom stereocenters. The highest BCUT2D eigenvalue weighted by Crippen LogP contribution is 2.42. The first-order chi connectivity index (χ1) is 29.0. The van der Waals surface area contributed by atoms with Crippen molar-refractivity contribution >= 4 is 46.0 Å². The van der Waals surface area contributed by atoms with Crippen molar-refractivity contribution in [1.29, 1.82) is 0 Å². The van der Waals surface area contributed by atoms with Crippen LogP contribution >= 0.6 is 0 Å². The van der Waals surface area contributed by atoms with E-state index in [0.717, 1.165) is 75.1 Å². The molecule has 0 saturated carbocycles. The fraction of sp³-hybridized carbons (Fsp3) is 0.435. The van der Waals surface area contributed by atoms with Crippen molar-refractivity contribution in [1.82, 2.24) is 34.9 Å². The maximum Gasteiger partial charge on any atom is 0.262 e. The standard InChI is InChI=1S/C46H47F2N7O5/c1-25-18-33-32-4-2-3-5-37(32)50-41(33)42(54(25)24-39(47)48)28-10-11-36(49-21-28)26-6-8-27(9-7-26)44(58)52-16-14-31(15-17-52)53-22-29-19-34-35(20-30(29)23-53)46(60)55(45(34)59)38-12-13-40(56)51-43(38)57/h2-6,10-11,19-21,25,27,31,38-39,42,50H,7-9,12-18,22-24H2,1H3,(H,51,56,57)/t25-,27?,38?,42-/m1/s1. The summed E-state index contributed by atoms with van der Waals surface area (Å²) in [6, 6.07) is 14.6. The van der Waals surface area contributed by atoms with Crippen LogP contribution < -0.4 is 5.32 Å². The molecule has 0 spiro atoms. The number of aromatic amines is 1. The fourth-order valence-electron chi connectivity index (χ4n) is 10.7. The molecule has 2 aromatic heterocycles. The number of likely N-dealkylation sites (tertiary alicyclic amines) is 1. The highest BCUT2D eigenvalue weighted by atomic mass is 19.3. The Bertz CT molecular complexity index is 2430. The average molecular weight is 816 g/mol. The first kappa shape index (κ1) is 38.6. The summed E-state index contributed by atoms with van der Waals surface area (Å²) in [6.45, 7) is 4.32. The zero-order valence-electron chi connectivity index (χ0n) is 33.5. The van der Waals surface area contributed by atoms with Crippen LogP contribution in [0.1, 0.15) is 112 Å². The molecule has 7 heterocycles. The van der Waals surface area contributed by atoms with Crippen molar-refractivity contribution in [3.05, 3.63) is 106 Å². The van der Waals surface area contributed by atoms with Gasteiger partial charge in [0.15, 0.2) is 0 Å². The molecule has 5 aliphatic heterocycles.